The summed E-state index contributed by atoms with van der Waals surface area (Å²) in [5.74, 6) is -1.91. The summed E-state index contributed by atoms with van der Waals surface area (Å²) >= 11 is 0. The number of nitrogens with one attached hydrogen (secondary N) is 2. The van der Waals surface area contributed by atoms with Gasteiger partial charge in [0, 0.05) is 51.3 Å². The Bertz CT molecular complexity index is 1200. The number of carbonyl (C=O) groups is 1. The fourth-order valence-corrected chi connectivity index (χ4v) is 4.86. The van der Waals surface area contributed by atoms with E-state index in [1.54, 1.807) is 31.4 Å². The zero-order valence-corrected chi connectivity index (χ0v) is 17.2. The molecule has 1 unspecified atom stereocenters. The molecule has 0 aliphatic heterocycles. The van der Waals surface area contributed by atoms with Gasteiger partial charge in [0.05, 0.1) is 11.0 Å². The minimum Gasteiger partial charge on any atom is -0.356 e. The van der Waals surface area contributed by atoms with Gasteiger partial charge in [-0.3, -0.25) is 9.36 Å². The quantitative estimate of drug-likeness (QED) is 0.656. The van der Waals surface area contributed by atoms with Crippen LogP contribution in [0.5, 0.6) is 0 Å². The van der Waals surface area contributed by atoms with Crippen LogP contribution in [0.2, 0.25) is 0 Å². The number of carbonyl (C=O) groups excluding carboxylic acids is 1. The first-order valence-electron chi connectivity index (χ1n) is 10.3. The summed E-state index contributed by atoms with van der Waals surface area (Å²) in [5, 5.41) is 2.85. The van der Waals surface area contributed by atoms with Gasteiger partial charge in [-0.25, -0.2) is 18.6 Å². The number of anilines is 1. The van der Waals surface area contributed by atoms with Gasteiger partial charge in [-0.1, -0.05) is 6.07 Å². The van der Waals surface area contributed by atoms with Crippen LogP contribution in [0.3, 0.4) is 0 Å². The number of amides is 1. The van der Waals surface area contributed by atoms with Crippen molar-refractivity contribution in [3.8, 4) is 0 Å². The fourth-order valence-electron chi connectivity index (χ4n) is 4.86. The summed E-state index contributed by atoms with van der Waals surface area (Å²) in [6.07, 6.45) is 1.63. The number of aromatic amines is 1. The molecule has 162 valence electrons. The highest BCUT2D eigenvalue weighted by Gasteiger charge is 2.64. The molecule has 7 nitrogen and oxygen atoms in total. The molecule has 0 radical (unpaired) electrons. The van der Waals surface area contributed by atoms with E-state index in [-0.39, 0.29) is 42.3 Å². The molecule has 2 aromatic heterocycles. The van der Waals surface area contributed by atoms with Crippen molar-refractivity contribution in [2.75, 3.05) is 11.9 Å². The van der Waals surface area contributed by atoms with E-state index in [1.807, 2.05) is 24.1 Å². The number of halogens is 2. The molecule has 2 heterocycles. The number of hydrogen-bond acceptors (Lipinski definition) is 4. The SMILES string of the molecule is CN(c1ccc(CNC(=O)c2ccc3c(c2)[nH]c(=O)n3C)cn1)C1[C@H]2CC(F)(F)C[C@@H]12. The van der Waals surface area contributed by atoms with Gasteiger partial charge >= 0.3 is 5.69 Å². The molecular formula is C22H23F2N5O2. The molecule has 0 saturated heterocycles. The predicted molar refractivity (Wildman–Crippen MR) is 112 cm³/mol. The van der Waals surface area contributed by atoms with Crippen LogP contribution in [0.1, 0.15) is 28.8 Å². The third kappa shape index (κ3) is 3.47. The number of rotatable bonds is 5. The van der Waals surface area contributed by atoms with Crippen LogP contribution >= 0.6 is 0 Å². The normalized spacial score (nSPS) is 23.5. The van der Waals surface area contributed by atoms with Crippen molar-refractivity contribution < 1.29 is 13.6 Å². The Morgan fingerprint density at radius 1 is 1.29 bits per heavy atom. The summed E-state index contributed by atoms with van der Waals surface area (Å²) in [6.45, 7) is 0.306. The maximum Gasteiger partial charge on any atom is 0.326 e. The molecule has 0 bridgehead atoms. The molecule has 2 fully saturated rings. The lowest BCUT2D eigenvalue weighted by Crippen LogP contribution is -2.28. The summed E-state index contributed by atoms with van der Waals surface area (Å²) in [5.41, 5.74) is 2.40. The van der Waals surface area contributed by atoms with Gasteiger partial charge in [-0.2, -0.15) is 0 Å². The maximum absolute atomic E-state index is 13.4. The van der Waals surface area contributed by atoms with Crippen LogP contribution in [0.4, 0.5) is 14.6 Å². The highest BCUT2D eigenvalue weighted by molar-refractivity contribution is 5.97. The molecule has 0 spiro atoms. The monoisotopic (exact) mass is 427 g/mol. The number of imidazole rings is 1. The lowest BCUT2D eigenvalue weighted by atomic mass is 10.1. The van der Waals surface area contributed by atoms with Crippen LogP contribution in [-0.2, 0) is 13.6 Å². The van der Waals surface area contributed by atoms with Crippen LogP contribution in [0.25, 0.3) is 11.0 Å². The van der Waals surface area contributed by atoms with E-state index in [9.17, 15) is 18.4 Å². The standard InChI is InChI=1S/C22H23F2N5O2/c1-28-17-5-4-13(7-16(17)27-21(28)31)20(30)26-11-12-3-6-18(25-10-12)29(2)19-14-8-22(23,24)9-15(14)19/h3-7,10,14-15,19H,8-9,11H2,1-2H3,(H,26,30)(H,27,31)/t14-,15+,19?. The van der Waals surface area contributed by atoms with E-state index < -0.39 is 5.92 Å². The van der Waals surface area contributed by atoms with Crippen LogP contribution in [0, 0.1) is 11.8 Å². The predicted octanol–water partition coefficient (Wildman–Crippen LogP) is 2.67. The Balaban J connectivity index is 1.20. The van der Waals surface area contributed by atoms with Gasteiger partial charge in [0.1, 0.15) is 5.82 Å². The summed E-state index contributed by atoms with van der Waals surface area (Å²) in [4.78, 5) is 33.3. The summed E-state index contributed by atoms with van der Waals surface area (Å²) in [7, 11) is 3.56. The number of pyridine rings is 1. The van der Waals surface area contributed by atoms with E-state index in [2.05, 4.69) is 15.3 Å². The van der Waals surface area contributed by atoms with Crippen LogP contribution in [0.15, 0.2) is 41.3 Å². The van der Waals surface area contributed by atoms with Gasteiger partial charge in [0.25, 0.3) is 5.91 Å². The molecule has 1 amide bonds. The topological polar surface area (TPSA) is 83.0 Å². The average molecular weight is 427 g/mol. The number of aryl methyl sites for hydroxylation is 1. The molecule has 2 aliphatic rings. The zero-order chi connectivity index (χ0) is 21.9. The third-order valence-corrected chi connectivity index (χ3v) is 6.59. The Labute approximate surface area is 177 Å². The molecule has 9 heteroatoms. The molecule has 31 heavy (non-hydrogen) atoms. The molecule has 2 saturated carbocycles. The molecule has 3 atom stereocenters. The number of H-pyrrole nitrogens is 1. The minimum absolute atomic E-state index is 0.0283. The highest BCUT2D eigenvalue weighted by atomic mass is 19.3. The summed E-state index contributed by atoms with van der Waals surface area (Å²) < 4.78 is 28.3. The first-order valence-corrected chi connectivity index (χ1v) is 10.3. The number of hydrogen-bond donors (Lipinski definition) is 2. The van der Waals surface area contributed by atoms with Crippen molar-refractivity contribution in [2.45, 2.75) is 31.4 Å². The summed E-state index contributed by atoms with van der Waals surface area (Å²) in [6, 6.07) is 8.93. The van der Waals surface area contributed by atoms with Crippen molar-refractivity contribution in [1.29, 1.82) is 0 Å². The first kappa shape index (κ1) is 19.7. The van der Waals surface area contributed by atoms with Crippen molar-refractivity contribution in [1.82, 2.24) is 19.9 Å². The van der Waals surface area contributed by atoms with Crippen LogP contribution < -0.4 is 15.9 Å². The van der Waals surface area contributed by atoms with Gasteiger partial charge in [-0.15, -0.1) is 0 Å². The Morgan fingerprint density at radius 2 is 2.03 bits per heavy atom. The van der Waals surface area contributed by atoms with Crippen molar-refractivity contribution in [2.24, 2.45) is 18.9 Å². The van der Waals surface area contributed by atoms with Gasteiger partial charge in [0.2, 0.25) is 5.92 Å². The van der Waals surface area contributed by atoms with Crippen molar-refractivity contribution in [3.63, 3.8) is 0 Å². The molecule has 5 rings (SSSR count). The molecule has 2 aliphatic carbocycles. The number of nitrogens with zero attached hydrogens (tertiary/aromatic N) is 3. The van der Waals surface area contributed by atoms with Crippen molar-refractivity contribution in [3.05, 3.63) is 58.1 Å². The smallest absolute Gasteiger partial charge is 0.326 e. The lowest BCUT2D eigenvalue weighted by molar-refractivity contribution is -0.00519. The molecule has 1 aromatic carbocycles. The fraction of sp³-hybridized carbons (Fsp3) is 0.409. The average Bonchev–Trinajstić information content (AvgIpc) is 3.14. The number of aromatic nitrogens is 3. The minimum atomic E-state index is -2.51. The lowest BCUT2D eigenvalue weighted by Gasteiger charge is -2.22. The van der Waals surface area contributed by atoms with E-state index in [4.69, 9.17) is 0 Å². The Kier molecular flexibility index (Phi) is 4.39. The molecule has 3 aromatic rings. The largest absolute Gasteiger partial charge is 0.356 e. The highest BCUT2D eigenvalue weighted by Crippen LogP contribution is 2.60. The second-order valence-electron chi connectivity index (χ2n) is 8.62. The van der Waals surface area contributed by atoms with Crippen molar-refractivity contribution >= 4 is 22.8 Å². The van der Waals surface area contributed by atoms with Gasteiger partial charge in [-0.05, 0) is 41.7 Å². The number of benzene rings is 1. The maximum atomic E-state index is 13.4. The van der Waals surface area contributed by atoms with E-state index in [0.717, 1.165) is 16.9 Å². The van der Waals surface area contributed by atoms with Crippen LogP contribution in [-0.4, -0.2) is 39.5 Å². The first-order chi connectivity index (χ1) is 14.7. The zero-order valence-electron chi connectivity index (χ0n) is 17.2. The van der Waals surface area contributed by atoms with E-state index in [1.165, 1.54) is 4.57 Å². The molecular weight excluding hydrogens is 404 g/mol. The molecule has 2 N–H and O–H groups in total. The van der Waals surface area contributed by atoms with E-state index in [0.29, 0.717) is 17.6 Å². The number of fused-ring (bicyclic) bond motifs is 2. The number of alkyl halides is 2. The van der Waals surface area contributed by atoms with E-state index >= 15 is 0 Å². The Morgan fingerprint density at radius 3 is 2.71 bits per heavy atom. The second kappa shape index (κ2) is 6.90. The Hall–Kier alpha value is -3.23. The third-order valence-electron chi connectivity index (χ3n) is 6.59. The second-order valence-corrected chi connectivity index (χ2v) is 8.62. The van der Waals surface area contributed by atoms with Gasteiger partial charge < -0.3 is 15.2 Å². The van der Waals surface area contributed by atoms with Gasteiger partial charge in [0.15, 0.2) is 0 Å².